The summed E-state index contributed by atoms with van der Waals surface area (Å²) in [5.74, 6) is 1.10. The van der Waals surface area contributed by atoms with Gasteiger partial charge in [-0.3, -0.25) is 10.4 Å². The minimum absolute atomic E-state index is 0.102. The van der Waals surface area contributed by atoms with Crippen molar-refractivity contribution in [3.8, 4) is 5.75 Å². The lowest BCUT2D eigenvalue weighted by molar-refractivity contribution is -0.575. The summed E-state index contributed by atoms with van der Waals surface area (Å²) in [6.07, 6.45) is 4.77. The summed E-state index contributed by atoms with van der Waals surface area (Å²) >= 11 is 6.52. The van der Waals surface area contributed by atoms with Crippen molar-refractivity contribution in [2.75, 3.05) is 5.43 Å². The summed E-state index contributed by atoms with van der Waals surface area (Å²) < 4.78 is 19.5. The average molecular weight is 592 g/mol. The van der Waals surface area contributed by atoms with Crippen molar-refractivity contribution < 1.29 is 24.0 Å². The fourth-order valence-electron chi connectivity index (χ4n) is 7.60. The first-order valence-corrected chi connectivity index (χ1v) is 15.4. The fourth-order valence-corrected chi connectivity index (χ4v) is 7.85. The van der Waals surface area contributed by atoms with Crippen molar-refractivity contribution in [3.63, 3.8) is 0 Å². The predicted octanol–water partition coefficient (Wildman–Crippen LogP) is 7.54. The molecule has 2 aromatic carbocycles. The van der Waals surface area contributed by atoms with Gasteiger partial charge in [0.2, 0.25) is 12.1 Å². The number of aromatic nitrogens is 1. The number of anilines is 1. The molecule has 1 N–H and O–H groups in total. The van der Waals surface area contributed by atoms with Gasteiger partial charge in [0, 0.05) is 29.3 Å². The molecular formula is C33H38ClN3O5. The third-order valence-corrected chi connectivity index (χ3v) is 10.2. The number of hydrogen-bond acceptors (Lipinski definition) is 8. The number of nitrogens with one attached hydrogen (secondary N) is 1. The van der Waals surface area contributed by atoms with E-state index in [1.807, 2.05) is 63.2 Å². The van der Waals surface area contributed by atoms with E-state index in [-0.39, 0.29) is 11.8 Å². The van der Waals surface area contributed by atoms with Crippen LogP contribution in [-0.4, -0.2) is 35.2 Å². The van der Waals surface area contributed by atoms with Gasteiger partial charge >= 0.3 is 0 Å². The molecule has 1 aromatic heterocycles. The molecule has 0 amide bonds. The van der Waals surface area contributed by atoms with Crippen LogP contribution in [0, 0.1) is 37.5 Å². The summed E-state index contributed by atoms with van der Waals surface area (Å²) in [5.41, 5.74) is 7.15. The molecule has 3 aromatic rings. The van der Waals surface area contributed by atoms with Crippen LogP contribution in [0.25, 0.3) is 10.9 Å². The average Bonchev–Trinajstić information content (AvgIpc) is 3.20. The van der Waals surface area contributed by atoms with E-state index in [2.05, 4.69) is 29.4 Å². The zero-order chi connectivity index (χ0) is 29.2. The summed E-state index contributed by atoms with van der Waals surface area (Å²) in [6.45, 7) is 10.4. The van der Waals surface area contributed by atoms with E-state index in [0.717, 1.165) is 64.8 Å². The van der Waals surface area contributed by atoms with Crippen LogP contribution >= 0.6 is 11.6 Å². The summed E-state index contributed by atoms with van der Waals surface area (Å²) in [5, 5.41) is 5.99. The summed E-state index contributed by atoms with van der Waals surface area (Å²) in [4.78, 5) is 16.8. The monoisotopic (exact) mass is 591 g/mol. The van der Waals surface area contributed by atoms with E-state index in [1.54, 1.807) is 6.21 Å². The van der Waals surface area contributed by atoms with Gasteiger partial charge in [-0.15, -0.1) is 0 Å². The van der Waals surface area contributed by atoms with Crippen LogP contribution in [0.15, 0.2) is 47.6 Å². The Hall–Kier alpha value is -2.75. The lowest BCUT2D eigenvalue weighted by atomic mass is 9.58. The normalized spacial score (nSPS) is 35.7. The highest BCUT2D eigenvalue weighted by Gasteiger charge is 2.69. The maximum absolute atomic E-state index is 6.57. The number of hydrogen-bond donors (Lipinski definition) is 1. The number of ether oxygens (including phenoxy) is 3. The summed E-state index contributed by atoms with van der Waals surface area (Å²) in [6, 6.07) is 13.7. The Morgan fingerprint density at radius 3 is 2.67 bits per heavy atom. The second-order valence-electron chi connectivity index (χ2n) is 12.7. The molecular weight excluding hydrogens is 554 g/mol. The van der Waals surface area contributed by atoms with Crippen molar-refractivity contribution in [3.05, 3.63) is 64.3 Å². The molecule has 5 fully saturated rings. The third-order valence-electron chi connectivity index (χ3n) is 9.87. The SMILES string of the molecule is Cc1cc(N/N=C/c2ccc(O[C@H]3O[C@@H]4O[C@@]5(C)CC[C@H]6[C@H](C)CC[C@@H]([C@H]3C)[C@@]46OO5)cc2)c2c(Cl)ccc(C)c2n1. The highest BCUT2D eigenvalue weighted by atomic mass is 35.5. The molecule has 0 unspecified atom stereocenters. The molecule has 1 spiro atoms. The Labute approximate surface area is 251 Å². The van der Waals surface area contributed by atoms with Gasteiger partial charge < -0.3 is 14.2 Å². The molecule has 4 aliphatic heterocycles. The van der Waals surface area contributed by atoms with Crippen LogP contribution in [0.4, 0.5) is 5.69 Å². The highest BCUT2D eigenvalue weighted by Crippen LogP contribution is 2.60. The Morgan fingerprint density at radius 2 is 1.86 bits per heavy atom. The largest absolute Gasteiger partial charge is 0.465 e. The molecule has 42 heavy (non-hydrogen) atoms. The topological polar surface area (TPSA) is 83.4 Å². The number of halogens is 1. The fraction of sp³-hybridized carbons (Fsp3) is 0.515. The molecule has 2 bridgehead atoms. The highest BCUT2D eigenvalue weighted by molar-refractivity contribution is 6.36. The van der Waals surface area contributed by atoms with Gasteiger partial charge in [-0.25, -0.2) is 9.78 Å². The van der Waals surface area contributed by atoms with Gasteiger partial charge in [0.15, 0.2) is 11.9 Å². The third kappa shape index (κ3) is 4.59. The molecule has 0 radical (unpaired) electrons. The number of benzene rings is 2. The zero-order valence-electron chi connectivity index (χ0n) is 24.7. The number of nitrogens with zero attached hydrogens (tertiary/aromatic N) is 2. The van der Waals surface area contributed by atoms with E-state index in [0.29, 0.717) is 16.9 Å². The van der Waals surface area contributed by atoms with E-state index in [4.69, 9.17) is 35.6 Å². The Morgan fingerprint density at radius 1 is 1.05 bits per heavy atom. The molecule has 1 aliphatic carbocycles. The van der Waals surface area contributed by atoms with Gasteiger partial charge in [-0.05, 0) is 99.4 Å². The first kappa shape index (κ1) is 28.0. The number of rotatable bonds is 5. The Bertz CT molecular complexity index is 1530. The molecule has 222 valence electrons. The van der Waals surface area contributed by atoms with Crippen molar-refractivity contribution in [2.45, 2.75) is 84.3 Å². The van der Waals surface area contributed by atoms with E-state index < -0.39 is 24.0 Å². The number of pyridine rings is 1. The molecule has 5 aliphatic rings. The van der Waals surface area contributed by atoms with Gasteiger partial charge in [0.05, 0.1) is 22.4 Å². The smallest absolute Gasteiger partial charge is 0.205 e. The quantitative estimate of drug-likeness (QED) is 0.186. The van der Waals surface area contributed by atoms with Gasteiger partial charge in [0.1, 0.15) is 5.75 Å². The molecule has 8 atom stereocenters. The Kier molecular flexibility index (Phi) is 6.98. The predicted molar refractivity (Wildman–Crippen MR) is 161 cm³/mol. The van der Waals surface area contributed by atoms with E-state index in [9.17, 15) is 0 Å². The Balaban J connectivity index is 1.06. The van der Waals surface area contributed by atoms with Crippen LogP contribution in [-0.2, 0) is 19.2 Å². The van der Waals surface area contributed by atoms with Crippen LogP contribution < -0.4 is 10.2 Å². The first-order valence-electron chi connectivity index (χ1n) is 15.0. The molecule has 4 saturated heterocycles. The van der Waals surface area contributed by atoms with Crippen molar-refractivity contribution >= 4 is 34.4 Å². The number of hydrazone groups is 1. The number of aryl methyl sites for hydroxylation is 2. The molecule has 8 nitrogen and oxygen atoms in total. The maximum Gasteiger partial charge on any atom is 0.205 e. The molecule has 8 rings (SSSR count). The van der Waals surface area contributed by atoms with Crippen LogP contribution in [0.1, 0.15) is 63.3 Å². The van der Waals surface area contributed by atoms with Crippen molar-refractivity contribution in [1.82, 2.24) is 4.98 Å². The summed E-state index contributed by atoms with van der Waals surface area (Å²) in [7, 11) is 0. The van der Waals surface area contributed by atoms with E-state index in [1.165, 1.54) is 0 Å². The lowest BCUT2D eigenvalue weighted by Crippen LogP contribution is -2.70. The van der Waals surface area contributed by atoms with Gasteiger partial charge in [-0.1, -0.05) is 31.5 Å². The van der Waals surface area contributed by atoms with E-state index >= 15 is 0 Å². The zero-order valence-corrected chi connectivity index (χ0v) is 25.5. The maximum atomic E-state index is 6.57. The van der Waals surface area contributed by atoms with Crippen LogP contribution in [0.2, 0.25) is 5.02 Å². The minimum Gasteiger partial charge on any atom is -0.465 e. The second-order valence-corrected chi connectivity index (χ2v) is 13.1. The lowest BCUT2D eigenvalue weighted by Gasteiger charge is -2.60. The molecule has 1 saturated carbocycles. The van der Waals surface area contributed by atoms with Gasteiger partial charge in [-0.2, -0.15) is 5.10 Å². The first-order chi connectivity index (χ1) is 20.2. The minimum atomic E-state index is -0.802. The van der Waals surface area contributed by atoms with Crippen molar-refractivity contribution in [2.24, 2.45) is 28.8 Å². The second kappa shape index (κ2) is 10.5. The number of fused-ring (bicyclic) bond motifs is 3. The van der Waals surface area contributed by atoms with Crippen LogP contribution in [0.3, 0.4) is 0 Å². The molecule has 9 heteroatoms. The standard InChI is InChI=1S/C33H38ClN3O5/c1-18-6-12-25-21(4)30(39-31-33(25)24(18)14-15-32(5,40-31)41-42-33)38-23-10-8-22(9-11-23)17-35-37-27-16-20(3)36-29-19(2)7-13-26(34)28(27)29/h7-11,13,16-18,21,24-25,30-31H,6,12,14-15H2,1-5H3,(H,36,37)/b35-17+/t18-,21-,24+,25+,30+,31-,32-,33-/m1/s1. The van der Waals surface area contributed by atoms with Crippen LogP contribution in [0.5, 0.6) is 5.75 Å². The van der Waals surface area contributed by atoms with Gasteiger partial charge in [0.25, 0.3) is 0 Å². The molecule has 5 heterocycles. The van der Waals surface area contributed by atoms with Crippen molar-refractivity contribution in [1.29, 1.82) is 0 Å².